The lowest BCUT2D eigenvalue weighted by molar-refractivity contribution is -0.134. The number of hydrogen-bond donors (Lipinski definition) is 1. The maximum absolute atomic E-state index is 13.9. The Balaban J connectivity index is 2.31. The Morgan fingerprint density at radius 3 is 2.56 bits per heavy atom. The van der Waals surface area contributed by atoms with E-state index in [9.17, 15) is 9.18 Å². The zero-order chi connectivity index (χ0) is 18.4. The van der Waals surface area contributed by atoms with Gasteiger partial charge >= 0.3 is 5.97 Å². The van der Waals surface area contributed by atoms with Crippen molar-refractivity contribution in [1.82, 2.24) is 0 Å². The van der Waals surface area contributed by atoms with Crippen molar-refractivity contribution in [3.63, 3.8) is 0 Å². The normalized spacial score (nSPS) is 10.6. The second kappa shape index (κ2) is 8.90. The molecule has 0 unspecified atom stereocenters. The number of aryl methyl sites for hydroxylation is 2. The molecule has 5 heteroatoms. The van der Waals surface area contributed by atoms with Crippen molar-refractivity contribution in [3.05, 3.63) is 58.4 Å². The smallest absolute Gasteiger partial charge is 0.310 e. The molecule has 0 aliphatic heterocycles. The van der Waals surface area contributed by atoms with Crippen molar-refractivity contribution < 1.29 is 18.7 Å². The molecule has 134 valence electrons. The summed E-state index contributed by atoms with van der Waals surface area (Å²) in [5.41, 5.74) is 3.20. The molecule has 25 heavy (non-hydrogen) atoms. The summed E-state index contributed by atoms with van der Waals surface area (Å²) in [6.07, 6.45) is 1.02. The number of esters is 1. The highest BCUT2D eigenvalue weighted by molar-refractivity contribution is 7.79. The molecule has 3 nitrogen and oxygen atoms in total. The van der Waals surface area contributed by atoms with E-state index < -0.39 is 0 Å². The first-order valence-electron chi connectivity index (χ1n) is 8.34. The molecule has 0 saturated heterocycles. The van der Waals surface area contributed by atoms with Gasteiger partial charge in [0.05, 0.1) is 0 Å². The molecule has 0 spiro atoms. The minimum absolute atomic E-state index is 0.179. The van der Waals surface area contributed by atoms with E-state index in [2.05, 4.69) is 12.6 Å². The monoisotopic (exact) mass is 362 g/mol. The third kappa shape index (κ3) is 4.75. The summed E-state index contributed by atoms with van der Waals surface area (Å²) < 4.78 is 25.2. The first-order valence-corrected chi connectivity index (χ1v) is 8.97. The van der Waals surface area contributed by atoms with Crippen LogP contribution in [0.3, 0.4) is 0 Å². The highest BCUT2D eigenvalue weighted by atomic mass is 32.1. The molecule has 0 radical (unpaired) electrons. The highest BCUT2D eigenvalue weighted by Gasteiger charge is 2.14. The predicted molar refractivity (Wildman–Crippen MR) is 99.9 cm³/mol. The van der Waals surface area contributed by atoms with Crippen LogP contribution < -0.4 is 9.47 Å². The Morgan fingerprint density at radius 1 is 1.16 bits per heavy atom. The molecule has 0 aromatic heterocycles. The van der Waals surface area contributed by atoms with E-state index in [0.717, 1.165) is 23.1 Å². The zero-order valence-electron chi connectivity index (χ0n) is 14.8. The summed E-state index contributed by atoms with van der Waals surface area (Å²) in [4.78, 5) is 11.7. The minimum atomic E-state index is -0.312. The summed E-state index contributed by atoms with van der Waals surface area (Å²) in [5, 5.41) is 0. The SMILES string of the molecule is CCC(=O)Oc1cccc(CS)c1COc1cc(F)c(C)cc1CC. The van der Waals surface area contributed by atoms with Crippen molar-refractivity contribution in [3.8, 4) is 11.5 Å². The summed E-state index contributed by atoms with van der Waals surface area (Å²) in [6.45, 7) is 5.65. The van der Waals surface area contributed by atoms with E-state index in [4.69, 9.17) is 9.47 Å². The number of benzene rings is 2. The van der Waals surface area contributed by atoms with Crippen molar-refractivity contribution >= 4 is 18.6 Å². The van der Waals surface area contributed by atoms with Gasteiger partial charge in [-0.05, 0) is 42.2 Å². The van der Waals surface area contributed by atoms with Gasteiger partial charge in [0.15, 0.2) is 0 Å². The summed E-state index contributed by atoms with van der Waals surface area (Å²) in [6, 6.07) is 8.67. The maximum Gasteiger partial charge on any atom is 0.310 e. The van der Waals surface area contributed by atoms with Crippen LogP contribution in [0.25, 0.3) is 0 Å². The molecule has 2 aromatic rings. The van der Waals surface area contributed by atoms with Crippen LogP contribution in [-0.4, -0.2) is 5.97 Å². The predicted octanol–water partition coefficient (Wildman–Crippen LogP) is 5.02. The largest absolute Gasteiger partial charge is 0.488 e. The first kappa shape index (κ1) is 19.3. The number of ether oxygens (including phenoxy) is 2. The Hall–Kier alpha value is -2.01. The van der Waals surface area contributed by atoms with Crippen LogP contribution >= 0.6 is 12.6 Å². The molecule has 2 rings (SSSR count). The fraction of sp³-hybridized carbons (Fsp3) is 0.350. The van der Waals surface area contributed by atoms with Gasteiger partial charge in [-0.25, -0.2) is 4.39 Å². The van der Waals surface area contributed by atoms with Crippen LogP contribution in [0.2, 0.25) is 0 Å². The molecule has 0 bridgehead atoms. The number of hydrogen-bond acceptors (Lipinski definition) is 4. The summed E-state index contributed by atoms with van der Waals surface area (Å²) in [5.74, 6) is 0.843. The van der Waals surface area contributed by atoms with Gasteiger partial charge in [0, 0.05) is 23.8 Å². The van der Waals surface area contributed by atoms with E-state index in [1.165, 1.54) is 6.07 Å². The summed E-state index contributed by atoms with van der Waals surface area (Å²) in [7, 11) is 0. The molecular formula is C20H23FO3S. The van der Waals surface area contributed by atoms with Crippen molar-refractivity contribution in [2.24, 2.45) is 0 Å². The molecule has 0 atom stereocenters. The van der Waals surface area contributed by atoms with Crippen molar-refractivity contribution in [1.29, 1.82) is 0 Å². The number of carbonyl (C=O) groups is 1. The third-order valence-electron chi connectivity index (χ3n) is 4.01. The highest BCUT2D eigenvalue weighted by Crippen LogP contribution is 2.29. The van der Waals surface area contributed by atoms with Gasteiger partial charge in [-0.3, -0.25) is 4.79 Å². The van der Waals surface area contributed by atoms with Gasteiger partial charge in [-0.1, -0.05) is 26.0 Å². The average molecular weight is 362 g/mol. The lowest BCUT2D eigenvalue weighted by Gasteiger charge is -2.16. The van der Waals surface area contributed by atoms with Gasteiger partial charge in [-0.15, -0.1) is 0 Å². The molecule has 0 N–H and O–H groups in total. The number of thiol groups is 1. The second-order valence-electron chi connectivity index (χ2n) is 5.73. The van der Waals surface area contributed by atoms with Gasteiger partial charge in [0.25, 0.3) is 0 Å². The zero-order valence-corrected chi connectivity index (χ0v) is 15.7. The fourth-order valence-electron chi connectivity index (χ4n) is 2.50. The van der Waals surface area contributed by atoms with Crippen LogP contribution in [0.4, 0.5) is 4.39 Å². The third-order valence-corrected chi connectivity index (χ3v) is 4.35. The van der Waals surface area contributed by atoms with Crippen LogP contribution in [-0.2, 0) is 23.6 Å². The lowest BCUT2D eigenvalue weighted by Crippen LogP contribution is -2.10. The Labute approximate surface area is 153 Å². The van der Waals surface area contributed by atoms with E-state index in [0.29, 0.717) is 22.8 Å². The Kier molecular flexibility index (Phi) is 6.88. The van der Waals surface area contributed by atoms with E-state index in [1.807, 2.05) is 19.1 Å². The van der Waals surface area contributed by atoms with Crippen LogP contribution in [0.1, 0.15) is 42.5 Å². The molecular weight excluding hydrogens is 339 g/mol. The van der Waals surface area contributed by atoms with Gasteiger partial charge in [-0.2, -0.15) is 12.6 Å². The van der Waals surface area contributed by atoms with E-state index in [1.54, 1.807) is 26.0 Å². The lowest BCUT2D eigenvalue weighted by atomic mass is 10.1. The van der Waals surface area contributed by atoms with E-state index >= 15 is 0 Å². The Bertz CT molecular complexity index is 759. The van der Waals surface area contributed by atoms with Crippen LogP contribution in [0.5, 0.6) is 11.5 Å². The molecule has 0 aliphatic rings. The molecule has 2 aromatic carbocycles. The first-order chi connectivity index (χ1) is 12.0. The average Bonchev–Trinajstić information content (AvgIpc) is 2.62. The molecule has 0 heterocycles. The van der Waals surface area contributed by atoms with Crippen LogP contribution in [0.15, 0.2) is 30.3 Å². The summed E-state index contributed by atoms with van der Waals surface area (Å²) >= 11 is 4.33. The van der Waals surface area contributed by atoms with Crippen LogP contribution in [0, 0.1) is 12.7 Å². The number of carbonyl (C=O) groups excluding carboxylic acids is 1. The molecule has 0 saturated carbocycles. The standard InChI is InChI=1S/C20H23FO3S/c1-4-14-9-13(3)17(21)10-19(14)23-11-16-15(12-25)7-6-8-18(16)24-20(22)5-2/h6-10,25H,4-5,11-12H2,1-3H3. The molecule has 0 aliphatic carbocycles. The van der Waals surface area contributed by atoms with Gasteiger partial charge in [0.2, 0.25) is 0 Å². The topological polar surface area (TPSA) is 35.5 Å². The fourth-order valence-corrected chi connectivity index (χ4v) is 2.79. The quantitative estimate of drug-likeness (QED) is 0.427. The maximum atomic E-state index is 13.9. The van der Waals surface area contributed by atoms with Crippen molar-refractivity contribution in [2.75, 3.05) is 0 Å². The minimum Gasteiger partial charge on any atom is -0.488 e. The van der Waals surface area contributed by atoms with Gasteiger partial charge in [0.1, 0.15) is 23.9 Å². The number of halogens is 1. The Morgan fingerprint density at radius 2 is 1.92 bits per heavy atom. The van der Waals surface area contributed by atoms with Gasteiger partial charge < -0.3 is 9.47 Å². The molecule has 0 amide bonds. The number of rotatable bonds is 7. The van der Waals surface area contributed by atoms with E-state index in [-0.39, 0.29) is 24.8 Å². The molecule has 0 fully saturated rings. The second-order valence-corrected chi connectivity index (χ2v) is 6.05. The van der Waals surface area contributed by atoms with Crippen molar-refractivity contribution in [2.45, 2.75) is 46.0 Å².